The van der Waals surface area contributed by atoms with Gasteiger partial charge in [0.2, 0.25) is 6.79 Å². The van der Waals surface area contributed by atoms with E-state index in [2.05, 4.69) is 82.8 Å². The Morgan fingerprint density at radius 3 is 1.72 bits per heavy atom. The Hall–Kier alpha value is -6.20. The average Bonchev–Trinajstić information content (AvgIpc) is 3.41. The summed E-state index contributed by atoms with van der Waals surface area (Å²) in [5.74, 6) is 1.56. The maximum absolute atomic E-state index is 6.20. The second-order valence-electron chi connectivity index (χ2n) is 11.4. The number of aromatic nitrogens is 2. The van der Waals surface area contributed by atoms with Crippen molar-refractivity contribution in [3.63, 3.8) is 0 Å². The molecule has 46 heavy (non-hydrogen) atoms. The predicted octanol–water partition coefficient (Wildman–Crippen LogP) is 10.4. The van der Waals surface area contributed by atoms with E-state index in [1.165, 1.54) is 0 Å². The first-order valence-corrected chi connectivity index (χ1v) is 15.2. The molecule has 0 amide bonds. The van der Waals surface area contributed by atoms with E-state index in [-0.39, 0.29) is 6.79 Å². The van der Waals surface area contributed by atoms with Crippen molar-refractivity contribution >= 4 is 21.9 Å². The number of hydrogen-bond donors (Lipinski definition) is 0. The lowest BCUT2D eigenvalue weighted by Crippen LogP contribution is -2.03. The molecule has 4 heterocycles. The van der Waals surface area contributed by atoms with Crippen LogP contribution in [0.15, 0.2) is 151 Å². The van der Waals surface area contributed by atoms with Gasteiger partial charge in [0.1, 0.15) is 22.7 Å². The van der Waals surface area contributed by atoms with Crippen LogP contribution in [0.5, 0.6) is 11.5 Å². The van der Waals surface area contributed by atoms with E-state index >= 15 is 0 Å². The Morgan fingerprint density at radius 2 is 1.04 bits per heavy atom. The van der Waals surface area contributed by atoms with Crippen molar-refractivity contribution in [2.75, 3.05) is 6.79 Å². The molecule has 0 atom stereocenters. The molecule has 0 aliphatic carbocycles. The summed E-state index contributed by atoms with van der Waals surface area (Å²) in [4.78, 5) is 8.75. The summed E-state index contributed by atoms with van der Waals surface area (Å²) in [7, 11) is 0. The highest BCUT2D eigenvalue weighted by Crippen LogP contribution is 2.45. The van der Waals surface area contributed by atoms with Crippen LogP contribution < -0.4 is 9.47 Å². The van der Waals surface area contributed by atoms with Gasteiger partial charge < -0.3 is 13.9 Å². The van der Waals surface area contributed by atoms with Gasteiger partial charge in [0.25, 0.3) is 0 Å². The first-order chi connectivity index (χ1) is 22.8. The smallest absolute Gasteiger partial charge is 0.230 e. The molecule has 0 saturated heterocycles. The lowest BCUT2D eigenvalue weighted by Gasteiger charge is -2.14. The molecule has 9 rings (SSSR count). The summed E-state index contributed by atoms with van der Waals surface area (Å²) in [6, 6.07) is 41.9. The third-order valence-corrected chi connectivity index (χ3v) is 8.65. The van der Waals surface area contributed by atoms with Gasteiger partial charge in [-0.05, 0) is 100 Å². The van der Waals surface area contributed by atoms with Crippen molar-refractivity contribution in [1.82, 2.24) is 9.97 Å². The van der Waals surface area contributed by atoms with Crippen molar-refractivity contribution < 1.29 is 13.9 Å². The molecule has 5 heteroatoms. The highest BCUT2D eigenvalue weighted by atomic mass is 16.7. The molecular weight excluding hydrogens is 568 g/mol. The Balaban J connectivity index is 1.21. The van der Waals surface area contributed by atoms with E-state index < -0.39 is 0 Å². The van der Waals surface area contributed by atoms with Crippen molar-refractivity contribution in [2.24, 2.45) is 0 Å². The zero-order chi connectivity index (χ0) is 30.5. The standard InChI is InChI=1S/C41H26N2O3/c1-2-10-39-34(8-1)41-33(9-3-11-40(41)46-39)27-13-15-38-36(22-27)35-21-26(12-14-37(35)44-25-45-38)30-18-31(28-6-4-16-42-23-28)20-32(19-30)29-7-5-17-43-24-29/h1-24H,25H2. The average molecular weight is 595 g/mol. The van der Waals surface area contributed by atoms with E-state index in [1.807, 2.05) is 60.9 Å². The van der Waals surface area contributed by atoms with E-state index in [1.54, 1.807) is 12.4 Å². The third-order valence-electron chi connectivity index (χ3n) is 8.65. The lowest BCUT2D eigenvalue weighted by molar-refractivity contribution is 0.125. The third kappa shape index (κ3) is 4.49. The molecule has 5 aromatic carbocycles. The zero-order valence-corrected chi connectivity index (χ0v) is 24.7. The van der Waals surface area contributed by atoms with E-state index in [0.717, 1.165) is 89.1 Å². The monoisotopic (exact) mass is 594 g/mol. The molecule has 1 aliphatic rings. The minimum Gasteiger partial charge on any atom is -0.457 e. The van der Waals surface area contributed by atoms with Gasteiger partial charge in [-0.25, -0.2) is 0 Å². The summed E-state index contributed by atoms with van der Waals surface area (Å²) < 4.78 is 18.4. The minimum atomic E-state index is 0.141. The topological polar surface area (TPSA) is 57.4 Å². The van der Waals surface area contributed by atoms with Crippen molar-refractivity contribution in [1.29, 1.82) is 0 Å². The number of hydrogen-bond acceptors (Lipinski definition) is 5. The number of pyridine rings is 2. The summed E-state index contributed by atoms with van der Waals surface area (Å²) >= 11 is 0. The SMILES string of the molecule is c1cncc(-c2cc(-c3cccnc3)cc(-c3ccc4c(c3)-c3cc(-c5cccc6oc7ccccc7c56)ccc3OCO4)c2)c1. The van der Waals surface area contributed by atoms with Crippen LogP contribution in [0.4, 0.5) is 0 Å². The molecule has 5 nitrogen and oxygen atoms in total. The molecular formula is C41H26N2O3. The number of furan rings is 1. The molecule has 0 fully saturated rings. The van der Waals surface area contributed by atoms with Crippen molar-refractivity contribution in [3.05, 3.63) is 146 Å². The maximum atomic E-state index is 6.20. The number of para-hydroxylation sites is 1. The zero-order valence-electron chi connectivity index (χ0n) is 24.7. The largest absolute Gasteiger partial charge is 0.457 e. The molecule has 218 valence electrons. The molecule has 0 N–H and O–H groups in total. The fraction of sp³-hybridized carbons (Fsp3) is 0.0244. The van der Waals surface area contributed by atoms with Crippen molar-refractivity contribution in [3.8, 4) is 67.1 Å². The van der Waals surface area contributed by atoms with Crippen LogP contribution in [0.25, 0.3) is 77.6 Å². The van der Waals surface area contributed by atoms with Gasteiger partial charge in [-0.2, -0.15) is 0 Å². The number of fused-ring (bicyclic) bond motifs is 6. The Morgan fingerprint density at radius 1 is 0.435 bits per heavy atom. The Labute approximate surface area is 265 Å². The van der Waals surface area contributed by atoms with Gasteiger partial charge in [0.05, 0.1) is 0 Å². The first kappa shape index (κ1) is 26.2. The summed E-state index contributed by atoms with van der Waals surface area (Å²) in [5, 5.41) is 2.20. The van der Waals surface area contributed by atoms with Crippen LogP contribution in [0, 0.1) is 0 Å². The van der Waals surface area contributed by atoms with Gasteiger partial charge in [-0.1, -0.05) is 54.6 Å². The van der Waals surface area contributed by atoms with Crippen LogP contribution in [-0.2, 0) is 0 Å². The second-order valence-corrected chi connectivity index (χ2v) is 11.4. The van der Waals surface area contributed by atoms with Crippen LogP contribution in [-0.4, -0.2) is 16.8 Å². The van der Waals surface area contributed by atoms with E-state index in [0.29, 0.717) is 0 Å². The number of ether oxygens (including phenoxy) is 2. The molecule has 1 aliphatic heterocycles. The highest BCUT2D eigenvalue weighted by molar-refractivity contribution is 6.12. The summed E-state index contributed by atoms with van der Waals surface area (Å²) in [6.07, 6.45) is 7.39. The van der Waals surface area contributed by atoms with Crippen LogP contribution >= 0.6 is 0 Å². The molecule has 0 saturated carbocycles. The quantitative estimate of drug-likeness (QED) is 0.203. The molecule has 0 bridgehead atoms. The van der Waals surface area contributed by atoms with Crippen LogP contribution in [0.1, 0.15) is 0 Å². The van der Waals surface area contributed by atoms with Gasteiger partial charge in [0, 0.05) is 57.8 Å². The van der Waals surface area contributed by atoms with Gasteiger partial charge in [-0.3, -0.25) is 9.97 Å². The fourth-order valence-corrected chi connectivity index (χ4v) is 6.45. The number of nitrogens with zero attached hydrogens (tertiary/aromatic N) is 2. The molecule has 3 aromatic heterocycles. The summed E-state index contributed by atoms with van der Waals surface area (Å²) in [5.41, 5.74) is 12.3. The minimum absolute atomic E-state index is 0.141. The lowest BCUT2D eigenvalue weighted by atomic mass is 9.91. The van der Waals surface area contributed by atoms with Crippen LogP contribution in [0.3, 0.4) is 0 Å². The molecule has 0 spiro atoms. The van der Waals surface area contributed by atoms with Crippen LogP contribution in [0.2, 0.25) is 0 Å². The van der Waals surface area contributed by atoms with Gasteiger partial charge in [0.15, 0.2) is 0 Å². The molecule has 8 aromatic rings. The summed E-state index contributed by atoms with van der Waals surface area (Å²) in [6.45, 7) is 0.141. The predicted molar refractivity (Wildman–Crippen MR) is 183 cm³/mol. The van der Waals surface area contributed by atoms with E-state index in [4.69, 9.17) is 13.9 Å². The maximum Gasteiger partial charge on any atom is 0.230 e. The van der Waals surface area contributed by atoms with E-state index in [9.17, 15) is 0 Å². The number of benzene rings is 5. The molecule has 0 radical (unpaired) electrons. The Kier molecular flexibility index (Phi) is 6.13. The van der Waals surface area contributed by atoms with Gasteiger partial charge >= 0.3 is 0 Å². The second kappa shape index (κ2) is 10.8. The first-order valence-electron chi connectivity index (χ1n) is 15.2. The fourth-order valence-electron chi connectivity index (χ4n) is 6.45. The van der Waals surface area contributed by atoms with Crippen molar-refractivity contribution in [2.45, 2.75) is 0 Å². The normalized spacial score (nSPS) is 12.2. The Bertz CT molecular complexity index is 2340. The number of rotatable bonds is 4. The highest BCUT2D eigenvalue weighted by Gasteiger charge is 2.20. The van der Waals surface area contributed by atoms with Gasteiger partial charge in [-0.15, -0.1) is 0 Å². The molecule has 0 unspecified atom stereocenters.